The molecule has 13 nitrogen and oxygen atoms in total. The fraction of sp³-hybridized carbons (Fsp3) is 0.404. The summed E-state index contributed by atoms with van der Waals surface area (Å²) < 4.78 is 1.80. The van der Waals surface area contributed by atoms with Crippen LogP contribution in [0.5, 0.6) is 0 Å². The van der Waals surface area contributed by atoms with Crippen LogP contribution in [0, 0.1) is 12.8 Å². The van der Waals surface area contributed by atoms with Gasteiger partial charge in [-0.05, 0) is 137 Å². The van der Waals surface area contributed by atoms with E-state index in [0.29, 0.717) is 42.9 Å². The van der Waals surface area contributed by atoms with Gasteiger partial charge in [0.25, 0.3) is 5.91 Å². The van der Waals surface area contributed by atoms with Crippen molar-refractivity contribution in [3.05, 3.63) is 114 Å². The quantitative estimate of drug-likeness (QED) is 0.123. The van der Waals surface area contributed by atoms with Crippen molar-refractivity contribution in [1.29, 1.82) is 0 Å². The fourth-order valence-corrected chi connectivity index (χ4v) is 8.54. The normalized spacial score (nSPS) is 17.1. The van der Waals surface area contributed by atoms with Crippen LogP contribution in [0.2, 0.25) is 0 Å². The smallest absolute Gasteiger partial charge is 0.328 e. The molecule has 0 spiro atoms. The number of hydrogen-bond donors (Lipinski definition) is 3. The number of likely N-dealkylation sites (tertiary alicyclic amines) is 1. The number of carbonyl (C=O) groups is 3. The van der Waals surface area contributed by atoms with Gasteiger partial charge in [0, 0.05) is 74.2 Å². The molecule has 3 saturated heterocycles. The van der Waals surface area contributed by atoms with E-state index in [0.717, 1.165) is 97.9 Å². The van der Waals surface area contributed by atoms with Gasteiger partial charge in [0.05, 0.1) is 23.0 Å². The molecule has 3 aliphatic heterocycles. The molecule has 3 aliphatic rings. The lowest BCUT2D eigenvalue weighted by atomic mass is 9.88. The lowest BCUT2D eigenvalue weighted by molar-refractivity contribution is -0.120. The number of aryl methyl sites for hydroxylation is 1. The molecular weight excluding hydrogens is 753 g/mol. The topological polar surface area (TPSA) is 141 Å². The van der Waals surface area contributed by atoms with Crippen LogP contribution < -0.4 is 25.8 Å². The Morgan fingerprint density at radius 2 is 1.65 bits per heavy atom. The lowest BCUT2D eigenvalue weighted by Gasteiger charge is -2.38. The number of urea groups is 1. The standard InChI is InChI=1S/C47H56N10O3/c1-32-26-36(8-9-37(32)28-49-44(59)38-29-50-57(31-38)47(2,3)4)42-14-20-48-45(52-42)51-39-12-10-34(11-13-39)35-17-21-54(22-18-35)30-33-15-23-55(24-16-33)40-6-5-7-41(27-40)56-25-19-43(58)53-46(56)60/h5-14,20,26-27,29,31,33,35H,15-19,21-25,28,30H2,1-4H3,(H,49,59)(H,48,51,52)(H,53,58,60). The Kier molecular flexibility index (Phi) is 12.0. The second-order valence-corrected chi connectivity index (χ2v) is 17.5. The molecule has 3 aromatic carbocycles. The van der Waals surface area contributed by atoms with E-state index in [1.54, 1.807) is 28.2 Å². The van der Waals surface area contributed by atoms with Crippen LogP contribution in [-0.2, 0) is 16.9 Å². The summed E-state index contributed by atoms with van der Waals surface area (Å²) in [6.45, 7) is 14.4. The molecular formula is C47H56N10O3. The van der Waals surface area contributed by atoms with Crippen molar-refractivity contribution >= 4 is 40.9 Å². The van der Waals surface area contributed by atoms with E-state index in [2.05, 4.69) is 99.1 Å². The number of imide groups is 1. The molecule has 0 aliphatic carbocycles. The van der Waals surface area contributed by atoms with Crippen molar-refractivity contribution in [1.82, 2.24) is 35.3 Å². The van der Waals surface area contributed by atoms with Crippen molar-refractivity contribution in [2.75, 3.05) is 54.4 Å². The highest BCUT2D eigenvalue weighted by atomic mass is 16.2. The number of nitrogens with one attached hydrogen (secondary N) is 3. The van der Waals surface area contributed by atoms with Gasteiger partial charge < -0.3 is 20.4 Å². The first-order chi connectivity index (χ1) is 28.9. The molecule has 0 bridgehead atoms. The average Bonchev–Trinajstić information content (AvgIpc) is 3.76. The Hall–Kier alpha value is -6.08. The van der Waals surface area contributed by atoms with Crippen molar-refractivity contribution in [3.63, 3.8) is 0 Å². The summed E-state index contributed by atoms with van der Waals surface area (Å²) in [5.74, 6) is 1.42. The minimum absolute atomic E-state index is 0.146. The number of hydrogen-bond acceptors (Lipinski definition) is 9. The maximum atomic E-state index is 12.8. The third-order valence-electron chi connectivity index (χ3n) is 12.2. The van der Waals surface area contributed by atoms with Crippen LogP contribution in [-0.4, -0.2) is 81.8 Å². The van der Waals surface area contributed by atoms with E-state index >= 15 is 0 Å². The van der Waals surface area contributed by atoms with E-state index in [1.807, 2.05) is 37.3 Å². The molecule has 4 amide bonds. The molecule has 3 N–H and O–H groups in total. The molecule has 2 aromatic heterocycles. The van der Waals surface area contributed by atoms with Crippen LogP contribution in [0.15, 0.2) is 91.4 Å². The highest BCUT2D eigenvalue weighted by Crippen LogP contribution is 2.32. The van der Waals surface area contributed by atoms with E-state index in [-0.39, 0.29) is 23.4 Å². The monoisotopic (exact) mass is 808 g/mol. The van der Waals surface area contributed by atoms with Crippen LogP contribution in [0.4, 0.5) is 27.8 Å². The Labute approximate surface area is 352 Å². The van der Waals surface area contributed by atoms with Crippen molar-refractivity contribution in [2.24, 2.45) is 5.92 Å². The summed E-state index contributed by atoms with van der Waals surface area (Å²) in [6.07, 6.45) is 10.1. The summed E-state index contributed by atoms with van der Waals surface area (Å²) in [5, 5.41) is 13.2. The molecule has 0 atom stereocenters. The Morgan fingerprint density at radius 3 is 2.37 bits per heavy atom. The zero-order valence-corrected chi connectivity index (χ0v) is 35.2. The number of nitrogens with zero attached hydrogens (tertiary/aromatic N) is 7. The molecule has 8 rings (SSSR count). The van der Waals surface area contributed by atoms with E-state index in [9.17, 15) is 14.4 Å². The van der Waals surface area contributed by atoms with Gasteiger partial charge in [-0.25, -0.2) is 14.8 Å². The maximum absolute atomic E-state index is 12.8. The molecule has 13 heteroatoms. The molecule has 312 valence electrons. The largest absolute Gasteiger partial charge is 0.371 e. The maximum Gasteiger partial charge on any atom is 0.328 e. The number of amides is 4. The van der Waals surface area contributed by atoms with Gasteiger partial charge in [-0.3, -0.25) is 24.5 Å². The average molecular weight is 809 g/mol. The number of aromatic nitrogens is 4. The minimum atomic E-state index is -0.342. The highest BCUT2D eigenvalue weighted by molar-refractivity contribution is 6.05. The van der Waals surface area contributed by atoms with Gasteiger partial charge in [-0.2, -0.15) is 5.10 Å². The lowest BCUT2D eigenvalue weighted by Crippen LogP contribution is -2.49. The molecule has 3 fully saturated rings. The third-order valence-corrected chi connectivity index (χ3v) is 12.2. The zero-order valence-electron chi connectivity index (χ0n) is 35.2. The molecule has 5 aromatic rings. The number of benzene rings is 3. The van der Waals surface area contributed by atoms with Gasteiger partial charge in [0.15, 0.2) is 0 Å². The summed E-state index contributed by atoms with van der Waals surface area (Å²) >= 11 is 0. The highest BCUT2D eigenvalue weighted by Gasteiger charge is 2.28. The molecule has 60 heavy (non-hydrogen) atoms. The minimum Gasteiger partial charge on any atom is -0.371 e. The summed E-state index contributed by atoms with van der Waals surface area (Å²) in [4.78, 5) is 52.9. The number of piperidine rings is 2. The number of carbonyl (C=O) groups excluding carboxylic acids is 3. The fourth-order valence-electron chi connectivity index (χ4n) is 8.54. The Bertz CT molecular complexity index is 2320. The van der Waals surface area contributed by atoms with Gasteiger partial charge in [-0.1, -0.05) is 30.3 Å². The molecule has 0 radical (unpaired) electrons. The first-order valence-corrected chi connectivity index (χ1v) is 21.3. The van der Waals surface area contributed by atoms with Gasteiger partial charge in [-0.15, -0.1) is 0 Å². The first-order valence-electron chi connectivity index (χ1n) is 21.3. The predicted molar refractivity (Wildman–Crippen MR) is 236 cm³/mol. The first kappa shape index (κ1) is 40.7. The zero-order chi connectivity index (χ0) is 41.8. The Balaban J connectivity index is 0.781. The second-order valence-electron chi connectivity index (χ2n) is 17.5. The van der Waals surface area contributed by atoms with Crippen molar-refractivity contribution in [3.8, 4) is 11.3 Å². The van der Waals surface area contributed by atoms with Gasteiger partial charge >= 0.3 is 6.03 Å². The van der Waals surface area contributed by atoms with Crippen LogP contribution in [0.3, 0.4) is 0 Å². The van der Waals surface area contributed by atoms with Crippen molar-refractivity contribution < 1.29 is 14.4 Å². The van der Waals surface area contributed by atoms with Gasteiger partial charge in [0.2, 0.25) is 11.9 Å². The van der Waals surface area contributed by atoms with Crippen LogP contribution >= 0.6 is 0 Å². The SMILES string of the molecule is Cc1cc(-c2ccnc(Nc3ccc(C4CCN(CC5CCN(c6cccc(N7CCC(=O)NC7=O)c6)CC5)CC4)cc3)n2)ccc1CNC(=O)c1cnn(C(C)(C)C)c1. The van der Waals surface area contributed by atoms with Gasteiger partial charge in [0.1, 0.15) is 0 Å². The summed E-state index contributed by atoms with van der Waals surface area (Å²) in [7, 11) is 0. The van der Waals surface area contributed by atoms with Crippen LogP contribution in [0.1, 0.15) is 85.8 Å². The predicted octanol–water partition coefficient (Wildman–Crippen LogP) is 7.62. The Morgan fingerprint density at radius 1 is 0.883 bits per heavy atom. The molecule has 5 heterocycles. The number of rotatable bonds is 11. The third kappa shape index (κ3) is 9.68. The molecule has 0 unspecified atom stereocenters. The molecule has 0 saturated carbocycles. The van der Waals surface area contributed by atoms with E-state index in [1.165, 1.54) is 5.56 Å². The van der Waals surface area contributed by atoms with Crippen molar-refractivity contribution in [2.45, 2.75) is 77.8 Å². The summed E-state index contributed by atoms with van der Waals surface area (Å²) in [6, 6.07) is 24.6. The van der Waals surface area contributed by atoms with E-state index in [4.69, 9.17) is 4.98 Å². The number of anilines is 4. The summed E-state index contributed by atoms with van der Waals surface area (Å²) in [5.41, 5.74) is 8.59. The van der Waals surface area contributed by atoms with Crippen LogP contribution in [0.25, 0.3) is 11.3 Å². The second kappa shape index (κ2) is 17.6. The van der Waals surface area contributed by atoms with E-state index < -0.39 is 0 Å².